The van der Waals surface area contributed by atoms with Gasteiger partial charge in [0.1, 0.15) is 16.2 Å². The Kier molecular flexibility index (Phi) is 4.45. The third kappa shape index (κ3) is 2.74. The summed E-state index contributed by atoms with van der Waals surface area (Å²) >= 11 is 6.87. The maximum atomic E-state index is 13.3. The molecule has 0 saturated carbocycles. The highest BCUT2D eigenvalue weighted by molar-refractivity contribution is 6.38. The Balaban J connectivity index is 1.61. The summed E-state index contributed by atoms with van der Waals surface area (Å²) in [5.41, 5.74) is 1.18. The number of hydrogen-bond acceptors (Lipinski definition) is 9. The number of carbonyl (C=O) groups is 3. The second kappa shape index (κ2) is 7.21. The van der Waals surface area contributed by atoms with Gasteiger partial charge in [-0.1, -0.05) is 16.8 Å². The van der Waals surface area contributed by atoms with Crippen LogP contribution in [0, 0.1) is 5.41 Å². The van der Waals surface area contributed by atoms with Crippen LogP contribution in [0.4, 0.5) is 10.5 Å². The summed E-state index contributed by atoms with van der Waals surface area (Å²) in [7, 11) is 0. The average molecular weight is 483 g/mol. The van der Waals surface area contributed by atoms with Crippen LogP contribution in [0.3, 0.4) is 0 Å². The van der Waals surface area contributed by atoms with E-state index in [1.807, 2.05) is 17.9 Å². The van der Waals surface area contributed by atoms with E-state index in [0.717, 1.165) is 0 Å². The Morgan fingerprint density at radius 1 is 1.21 bits per heavy atom. The van der Waals surface area contributed by atoms with Gasteiger partial charge in [-0.15, -0.1) is 0 Å². The number of anilines is 1. The number of barbiturate groups is 1. The van der Waals surface area contributed by atoms with Gasteiger partial charge in [-0.05, 0) is 26.0 Å². The fourth-order valence-electron chi connectivity index (χ4n) is 5.45. The van der Waals surface area contributed by atoms with Crippen LogP contribution >= 0.6 is 11.6 Å². The number of ether oxygens (including phenoxy) is 1. The number of amides is 4. The second-order valence-corrected chi connectivity index (χ2v) is 9.18. The summed E-state index contributed by atoms with van der Waals surface area (Å²) in [4.78, 5) is 49.3. The van der Waals surface area contributed by atoms with Crippen LogP contribution in [-0.4, -0.2) is 57.8 Å². The highest BCUT2D eigenvalue weighted by Crippen LogP contribution is 2.50. The van der Waals surface area contributed by atoms with Crippen LogP contribution < -0.4 is 15.5 Å². The summed E-state index contributed by atoms with van der Waals surface area (Å²) in [5.74, 6) is -1.38. The molecule has 2 saturated heterocycles. The topological polar surface area (TPSA) is 140 Å². The van der Waals surface area contributed by atoms with Crippen LogP contribution in [0.5, 0.6) is 0 Å². The van der Waals surface area contributed by atoms with Crippen molar-refractivity contribution in [1.29, 1.82) is 0 Å². The number of rotatable bonds is 1. The highest BCUT2D eigenvalue weighted by Gasteiger charge is 2.63. The lowest BCUT2D eigenvalue weighted by atomic mass is 9.67. The molecule has 3 aromatic rings. The van der Waals surface area contributed by atoms with Crippen molar-refractivity contribution in [3.63, 3.8) is 0 Å². The largest absolute Gasteiger partial charge is 0.372 e. The standard InChI is InChI=1S/C22H19ClN6O5/c1-9-8-29-16-12(6-22(18(29)10(2)33-9)19(30)26-21(32)27-20(22)31)25-15-14(11-4-3-5-24-7-11)28-34-17(15)13(16)23/h3-5,7,9-10,18H,6,8H2,1-2H3,(H2,26,27,30,31,32)/t9-,10+,18-/m0/s1. The van der Waals surface area contributed by atoms with E-state index in [1.54, 1.807) is 25.4 Å². The molecule has 2 N–H and O–H groups in total. The fraction of sp³-hybridized carbons (Fsp3) is 0.364. The van der Waals surface area contributed by atoms with Gasteiger partial charge < -0.3 is 14.2 Å². The van der Waals surface area contributed by atoms with Crippen LogP contribution in [0.15, 0.2) is 29.0 Å². The van der Waals surface area contributed by atoms with Gasteiger partial charge in [0.2, 0.25) is 17.4 Å². The Bertz CT molecular complexity index is 1360. The minimum Gasteiger partial charge on any atom is -0.372 e. The highest BCUT2D eigenvalue weighted by atomic mass is 35.5. The van der Waals surface area contributed by atoms with Crippen molar-refractivity contribution in [1.82, 2.24) is 25.8 Å². The van der Waals surface area contributed by atoms with E-state index >= 15 is 0 Å². The van der Waals surface area contributed by atoms with Gasteiger partial charge in [0.15, 0.2) is 5.41 Å². The van der Waals surface area contributed by atoms with Crippen molar-refractivity contribution < 1.29 is 23.6 Å². The molecule has 4 amide bonds. The molecule has 2 fully saturated rings. The number of hydrogen-bond donors (Lipinski definition) is 2. The molecule has 1 spiro atoms. The Hall–Kier alpha value is -3.57. The van der Waals surface area contributed by atoms with E-state index in [0.29, 0.717) is 40.3 Å². The Labute approximate surface area is 197 Å². The van der Waals surface area contributed by atoms with Crippen molar-refractivity contribution in [2.75, 3.05) is 11.4 Å². The van der Waals surface area contributed by atoms with Crippen molar-refractivity contribution in [2.45, 2.75) is 38.5 Å². The lowest BCUT2D eigenvalue weighted by Gasteiger charge is -2.55. The van der Waals surface area contributed by atoms with Crippen LogP contribution in [0.2, 0.25) is 5.02 Å². The van der Waals surface area contributed by atoms with Gasteiger partial charge in [0, 0.05) is 30.9 Å². The monoisotopic (exact) mass is 482 g/mol. The molecule has 0 radical (unpaired) electrons. The Morgan fingerprint density at radius 3 is 2.68 bits per heavy atom. The molecule has 3 aliphatic rings. The third-order valence-electron chi connectivity index (χ3n) is 6.71. The Morgan fingerprint density at radius 2 is 1.97 bits per heavy atom. The van der Waals surface area contributed by atoms with Crippen LogP contribution in [-0.2, 0) is 20.7 Å². The number of halogens is 1. The summed E-state index contributed by atoms with van der Waals surface area (Å²) < 4.78 is 11.6. The first-order valence-electron chi connectivity index (χ1n) is 10.8. The number of fused-ring (bicyclic) bond motifs is 5. The van der Waals surface area contributed by atoms with Gasteiger partial charge in [-0.2, -0.15) is 0 Å². The zero-order chi connectivity index (χ0) is 23.8. The molecular weight excluding hydrogens is 464 g/mol. The molecule has 174 valence electrons. The minimum atomic E-state index is -1.64. The third-order valence-corrected chi connectivity index (χ3v) is 7.06. The molecule has 0 aliphatic carbocycles. The molecule has 6 heterocycles. The van der Waals surface area contributed by atoms with Crippen molar-refractivity contribution >= 4 is 46.2 Å². The van der Waals surface area contributed by atoms with Gasteiger partial charge in [-0.3, -0.25) is 25.2 Å². The number of morpholine rings is 1. The smallest absolute Gasteiger partial charge is 0.328 e. The van der Waals surface area contributed by atoms with Gasteiger partial charge in [-0.25, -0.2) is 9.78 Å². The van der Waals surface area contributed by atoms with E-state index in [2.05, 4.69) is 20.8 Å². The molecular formula is C22H19ClN6O5. The van der Waals surface area contributed by atoms with E-state index in [9.17, 15) is 14.4 Å². The predicted octanol–water partition coefficient (Wildman–Crippen LogP) is 1.83. The van der Waals surface area contributed by atoms with Crippen molar-refractivity contribution in [3.8, 4) is 11.3 Å². The van der Waals surface area contributed by atoms with E-state index < -0.39 is 35.4 Å². The van der Waals surface area contributed by atoms with Gasteiger partial charge in [0.05, 0.1) is 29.6 Å². The summed E-state index contributed by atoms with van der Waals surface area (Å²) in [6.07, 6.45) is 2.46. The number of carbonyl (C=O) groups excluding carboxylic acids is 3. The SMILES string of the molecule is C[C@H]1CN2c3c(nc4c(-c5cccnc5)noc4c3Cl)CC3(C(=O)NC(=O)NC3=O)[C@@H]2[C@@H](C)O1. The molecule has 0 unspecified atom stereocenters. The van der Waals surface area contributed by atoms with Gasteiger partial charge >= 0.3 is 6.03 Å². The molecule has 0 aromatic carbocycles. The molecule has 3 aliphatic heterocycles. The van der Waals surface area contributed by atoms with Crippen LogP contribution in [0.1, 0.15) is 19.5 Å². The quantitative estimate of drug-likeness (QED) is 0.497. The lowest BCUT2D eigenvalue weighted by molar-refractivity contribution is -0.153. The zero-order valence-corrected chi connectivity index (χ0v) is 18.9. The molecule has 12 heteroatoms. The number of nitrogens with zero attached hydrogens (tertiary/aromatic N) is 4. The number of nitrogens with one attached hydrogen (secondary N) is 2. The maximum absolute atomic E-state index is 13.3. The maximum Gasteiger partial charge on any atom is 0.328 e. The normalized spacial score (nSPS) is 25.7. The molecule has 6 rings (SSSR count). The van der Waals surface area contributed by atoms with Gasteiger partial charge in [0.25, 0.3) is 0 Å². The first-order valence-corrected chi connectivity index (χ1v) is 11.2. The second-order valence-electron chi connectivity index (χ2n) is 8.81. The molecule has 0 bridgehead atoms. The molecule has 11 nitrogen and oxygen atoms in total. The van der Waals surface area contributed by atoms with Crippen molar-refractivity contribution in [2.24, 2.45) is 5.41 Å². The minimum absolute atomic E-state index is 0.0795. The molecule has 34 heavy (non-hydrogen) atoms. The van der Waals surface area contributed by atoms with E-state index in [-0.39, 0.29) is 17.5 Å². The first-order chi connectivity index (χ1) is 16.3. The fourth-order valence-corrected chi connectivity index (χ4v) is 5.79. The summed E-state index contributed by atoms with van der Waals surface area (Å²) in [6.45, 7) is 4.05. The zero-order valence-electron chi connectivity index (χ0n) is 18.2. The molecule has 3 aromatic heterocycles. The average Bonchev–Trinajstić information content (AvgIpc) is 3.21. The lowest BCUT2D eigenvalue weighted by Crippen LogP contribution is -2.75. The number of imide groups is 2. The number of aromatic nitrogens is 3. The predicted molar refractivity (Wildman–Crippen MR) is 119 cm³/mol. The molecule has 3 atom stereocenters. The van der Waals surface area contributed by atoms with E-state index in [4.69, 9.17) is 25.8 Å². The number of urea groups is 1. The summed E-state index contributed by atoms with van der Waals surface area (Å²) in [5, 5.41) is 8.97. The van der Waals surface area contributed by atoms with E-state index in [1.165, 1.54) is 0 Å². The van der Waals surface area contributed by atoms with Crippen molar-refractivity contribution in [3.05, 3.63) is 35.2 Å². The number of pyridine rings is 2. The van der Waals surface area contributed by atoms with Crippen LogP contribution in [0.25, 0.3) is 22.4 Å². The first kappa shape index (κ1) is 21.0. The summed E-state index contributed by atoms with van der Waals surface area (Å²) in [6, 6.07) is 2.01.